The summed E-state index contributed by atoms with van der Waals surface area (Å²) in [5.41, 5.74) is 2.90. The van der Waals surface area contributed by atoms with E-state index in [1.54, 1.807) is 0 Å². The zero-order chi connectivity index (χ0) is 17.1. The van der Waals surface area contributed by atoms with Crippen LogP contribution in [0, 0.1) is 5.92 Å². The summed E-state index contributed by atoms with van der Waals surface area (Å²) < 4.78 is 0. The summed E-state index contributed by atoms with van der Waals surface area (Å²) in [7, 11) is 4.29. The molecule has 0 N–H and O–H groups in total. The molecule has 0 spiro atoms. The highest BCUT2D eigenvalue weighted by atomic mass is 32.1. The Morgan fingerprint density at radius 1 is 1.25 bits per heavy atom. The molecule has 0 aromatic carbocycles. The van der Waals surface area contributed by atoms with E-state index in [4.69, 9.17) is 0 Å². The number of hydrogen-bond acceptors (Lipinski definition) is 4. The van der Waals surface area contributed by atoms with E-state index < -0.39 is 0 Å². The molecule has 4 rings (SSSR count). The van der Waals surface area contributed by atoms with Crippen LogP contribution in [0.3, 0.4) is 0 Å². The maximum absolute atomic E-state index is 2.73. The lowest BCUT2D eigenvalue weighted by atomic mass is 9.95. The smallest absolute Gasteiger partial charge is 0.0328 e. The highest BCUT2D eigenvalue weighted by Crippen LogP contribution is 2.29. The standard InChI is InChI=1S/C20H33N3S/c1-16(2)7-8-23-12-17-5-6-19(23)13-22(11-17)14-20-9-18(15-24-20)10-21(3)4/h7,9,15,17,19H,5-6,8,10-14H2,1-4H3/t17-,19+/m1/s1. The van der Waals surface area contributed by atoms with Crippen LogP contribution < -0.4 is 0 Å². The molecule has 4 heterocycles. The van der Waals surface area contributed by atoms with E-state index in [0.717, 1.165) is 31.6 Å². The van der Waals surface area contributed by atoms with Crippen molar-refractivity contribution in [2.24, 2.45) is 5.92 Å². The van der Waals surface area contributed by atoms with Crippen LogP contribution >= 0.6 is 11.3 Å². The number of piperidine rings is 1. The molecule has 1 aromatic rings. The van der Waals surface area contributed by atoms with E-state index in [1.807, 2.05) is 11.3 Å². The van der Waals surface area contributed by atoms with Crippen LogP contribution in [-0.4, -0.2) is 61.0 Å². The molecule has 0 unspecified atom stereocenters. The molecule has 0 aliphatic carbocycles. The molecule has 2 atom stereocenters. The van der Waals surface area contributed by atoms with Gasteiger partial charge in [0, 0.05) is 50.2 Å². The minimum absolute atomic E-state index is 0.751. The van der Waals surface area contributed by atoms with Gasteiger partial charge in [-0.2, -0.15) is 0 Å². The summed E-state index contributed by atoms with van der Waals surface area (Å²) in [6.45, 7) is 11.6. The Hall–Kier alpha value is -0.680. The van der Waals surface area contributed by atoms with Crippen molar-refractivity contribution in [3.05, 3.63) is 33.5 Å². The van der Waals surface area contributed by atoms with Crippen LogP contribution in [0.15, 0.2) is 23.1 Å². The zero-order valence-corrected chi connectivity index (χ0v) is 16.6. The normalized spacial score (nSPS) is 25.2. The second kappa shape index (κ2) is 8.13. The molecule has 24 heavy (non-hydrogen) atoms. The highest BCUT2D eigenvalue weighted by molar-refractivity contribution is 7.10. The summed E-state index contributed by atoms with van der Waals surface area (Å²) in [4.78, 5) is 9.23. The lowest BCUT2D eigenvalue weighted by Gasteiger charge is -2.35. The van der Waals surface area contributed by atoms with Gasteiger partial charge in [-0.25, -0.2) is 0 Å². The molecule has 3 aliphatic heterocycles. The largest absolute Gasteiger partial charge is 0.305 e. The van der Waals surface area contributed by atoms with Gasteiger partial charge in [0.05, 0.1) is 0 Å². The molecule has 3 nitrogen and oxygen atoms in total. The van der Waals surface area contributed by atoms with Crippen LogP contribution in [0.5, 0.6) is 0 Å². The maximum Gasteiger partial charge on any atom is 0.0328 e. The fourth-order valence-corrected chi connectivity index (χ4v) is 5.03. The summed E-state index contributed by atoms with van der Waals surface area (Å²) in [6, 6.07) is 3.17. The van der Waals surface area contributed by atoms with E-state index in [0.29, 0.717) is 0 Å². The molecule has 3 saturated heterocycles. The SMILES string of the molecule is CC(C)=CCN1C[C@@H]2CC[C@H]1CN(Cc1cc(CN(C)C)cs1)C2. The summed E-state index contributed by atoms with van der Waals surface area (Å²) in [5, 5.41) is 2.34. The summed E-state index contributed by atoms with van der Waals surface area (Å²) in [5.74, 6) is 0.857. The Labute approximate surface area is 151 Å². The summed E-state index contributed by atoms with van der Waals surface area (Å²) in [6.07, 6.45) is 5.20. The molecule has 0 amide bonds. The van der Waals surface area contributed by atoms with Gasteiger partial charge in [-0.05, 0) is 63.7 Å². The number of nitrogens with zero attached hydrogens (tertiary/aromatic N) is 3. The molecule has 1 aromatic heterocycles. The van der Waals surface area contributed by atoms with Crippen molar-refractivity contribution in [1.29, 1.82) is 0 Å². The van der Waals surface area contributed by atoms with Gasteiger partial charge in [0.1, 0.15) is 0 Å². The van der Waals surface area contributed by atoms with Crippen molar-refractivity contribution in [3.63, 3.8) is 0 Å². The van der Waals surface area contributed by atoms with E-state index in [1.165, 1.54) is 48.5 Å². The van der Waals surface area contributed by atoms with Crippen molar-refractivity contribution in [2.45, 2.75) is 45.8 Å². The fraction of sp³-hybridized carbons (Fsp3) is 0.700. The van der Waals surface area contributed by atoms with Crippen molar-refractivity contribution < 1.29 is 0 Å². The van der Waals surface area contributed by atoms with Crippen LogP contribution in [0.4, 0.5) is 0 Å². The first-order valence-corrected chi connectivity index (χ1v) is 10.2. The van der Waals surface area contributed by atoms with Crippen LogP contribution in [0.1, 0.15) is 37.1 Å². The van der Waals surface area contributed by atoms with Crippen LogP contribution in [0.2, 0.25) is 0 Å². The molecule has 134 valence electrons. The quantitative estimate of drug-likeness (QED) is 0.727. The van der Waals surface area contributed by atoms with Crippen LogP contribution in [-0.2, 0) is 13.1 Å². The number of thiophene rings is 1. The first-order valence-electron chi connectivity index (χ1n) is 9.30. The summed E-state index contributed by atoms with van der Waals surface area (Å²) >= 11 is 1.94. The molecule has 4 heteroatoms. The molecule has 2 bridgehead atoms. The minimum Gasteiger partial charge on any atom is -0.305 e. The van der Waals surface area contributed by atoms with Gasteiger partial charge in [0.25, 0.3) is 0 Å². The molecule has 3 fully saturated rings. The monoisotopic (exact) mass is 347 g/mol. The van der Waals surface area contributed by atoms with Crippen molar-refractivity contribution in [3.8, 4) is 0 Å². The van der Waals surface area contributed by atoms with Gasteiger partial charge in [-0.15, -0.1) is 11.3 Å². The van der Waals surface area contributed by atoms with Gasteiger partial charge < -0.3 is 4.90 Å². The van der Waals surface area contributed by atoms with E-state index in [2.05, 4.69) is 60.2 Å². The zero-order valence-electron chi connectivity index (χ0n) is 15.8. The van der Waals surface area contributed by atoms with E-state index >= 15 is 0 Å². The lowest BCUT2D eigenvalue weighted by molar-refractivity contribution is 0.146. The van der Waals surface area contributed by atoms with Gasteiger partial charge in [-0.3, -0.25) is 9.80 Å². The number of allylic oxidation sites excluding steroid dienone is 1. The highest BCUT2D eigenvalue weighted by Gasteiger charge is 2.34. The van der Waals surface area contributed by atoms with Gasteiger partial charge in [-0.1, -0.05) is 11.6 Å². The first kappa shape index (κ1) is 18.1. The fourth-order valence-electron chi connectivity index (χ4n) is 4.11. The molecule has 0 radical (unpaired) electrons. The third kappa shape index (κ3) is 4.92. The Morgan fingerprint density at radius 2 is 2.08 bits per heavy atom. The lowest BCUT2D eigenvalue weighted by Crippen LogP contribution is -2.43. The predicted molar refractivity (Wildman–Crippen MR) is 105 cm³/mol. The Morgan fingerprint density at radius 3 is 2.83 bits per heavy atom. The first-order chi connectivity index (χ1) is 11.5. The van der Waals surface area contributed by atoms with E-state index in [9.17, 15) is 0 Å². The third-order valence-corrected chi connectivity index (χ3v) is 6.19. The molecule has 3 aliphatic rings. The Balaban J connectivity index is 1.60. The molecular weight excluding hydrogens is 314 g/mol. The van der Waals surface area contributed by atoms with E-state index in [-0.39, 0.29) is 0 Å². The van der Waals surface area contributed by atoms with Crippen molar-refractivity contribution in [2.75, 3.05) is 40.3 Å². The van der Waals surface area contributed by atoms with Crippen molar-refractivity contribution >= 4 is 11.3 Å². The second-order valence-electron chi connectivity index (χ2n) is 8.19. The maximum atomic E-state index is 2.73. The van der Waals surface area contributed by atoms with Gasteiger partial charge >= 0.3 is 0 Å². The Kier molecular flexibility index (Phi) is 6.14. The van der Waals surface area contributed by atoms with Gasteiger partial charge in [0.15, 0.2) is 0 Å². The average molecular weight is 348 g/mol. The van der Waals surface area contributed by atoms with Crippen LogP contribution in [0.25, 0.3) is 0 Å². The minimum atomic E-state index is 0.751. The van der Waals surface area contributed by atoms with Gasteiger partial charge in [0.2, 0.25) is 0 Å². The topological polar surface area (TPSA) is 9.72 Å². The number of hydrogen-bond donors (Lipinski definition) is 0. The van der Waals surface area contributed by atoms with Crippen molar-refractivity contribution in [1.82, 2.24) is 14.7 Å². The predicted octanol–water partition coefficient (Wildman–Crippen LogP) is 3.67. The molecule has 0 saturated carbocycles. The Bertz CT molecular complexity index is 559. The average Bonchev–Trinajstić information content (AvgIpc) is 2.75. The number of fused-ring (bicyclic) bond motifs is 4. The number of rotatable bonds is 6. The molecular formula is C20H33N3S. The second-order valence-corrected chi connectivity index (χ2v) is 9.18. The third-order valence-electron chi connectivity index (χ3n) is 5.22.